The standard InChI is InChI=1S/C16H24N2O6S3/c1-13-5-6-14(18-8-3-4-9-26(18,21)22)11-16(13)27(23,24)17(2)15-7-10-25(19,20)12-15/h5-6,11,15H,3-4,7-10,12H2,1-2H3. The van der Waals surface area contributed by atoms with Crippen LogP contribution in [-0.4, -0.2) is 66.5 Å². The van der Waals surface area contributed by atoms with Gasteiger partial charge in [0.2, 0.25) is 20.0 Å². The molecule has 1 unspecified atom stereocenters. The van der Waals surface area contributed by atoms with Gasteiger partial charge in [0.1, 0.15) is 0 Å². The molecule has 1 aromatic rings. The van der Waals surface area contributed by atoms with Crippen LogP contribution in [0.3, 0.4) is 0 Å². The van der Waals surface area contributed by atoms with E-state index in [1.807, 2.05) is 0 Å². The van der Waals surface area contributed by atoms with E-state index in [0.717, 1.165) is 10.7 Å². The van der Waals surface area contributed by atoms with Crippen LogP contribution in [-0.2, 0) is 29.9 Å². The summed E-state index contributed by atoms with van der Waals surface area (Å²) in [5, 5.41) is 0. The van der Waals surface area contributed by atoms with Gasteiger partial charge in [-0.1, -0.05) is 6.07 Å². The number of nitrogens with zero attached hydrogens (tertiary/aromatic N) is 2. The molecule has 1 atom stereocenters. The van der Waals surface area contributed by atoms with E-state index in [4.69, 9.17) is 0 Å². The Morgan fingerprint density at radius 2 is 1.81 bits per heavy atom. The maximum atomic E-state index is 13.1. The lowest BCUT2D eigenvalue weighted by atomic mass is 10.2. The first-order valence-corrected chi connectivity index (χ1v) is 13.6. The fourth-order valence-corrected chi connectivity index (χ4v) is 8.64. The molecule has 0 saturated carbocycles. The van der Waals surface area contributed by atoms with Crippen LogP contribution in [0, 0.1) is 6.92 Å². The van der Waals surface area contributed by atoms with E-state index in [2.05, 4.69) is 0 Å². The summed E-state index contributed by atoms with van der Waals surface area (Å²) in [5.41, 5.74) is 0.812. The highest BCUT2D eigenvalue weighted by Gasteiger charge is 2.37. The van der Waals surface area contributed by atoms with Crippen molar-refractivity contribution in [2.45, 2.75) is 37.1 Å². The van der Waals surface area contributed by atoms with Crippen molar-refractivity contribution in [2.75, 3.05) is 35.2 Å². The summed E-state index contributed by atoms with van der Waals surface area (Å²) in [6.07, 6.45) is 1.57. The molecule has 8 nitrogen and oxygen atoms in total. The minimum absolute atomic E-state index is 0.00701. The van der Waals surface area contributed by atoms with Gasteiger partial charge in [-0.3, -0.25) is 4.31 Å². The van der Waals surface area contributed by atoms with Crippen molar-refractivity contribution in [2.24, 2.45) is 0 Å². The largest absolute Gasteiger partial charge is 0.270 e. The van der Waals surface area contributed by atoms with Crippen molar-refractivity contribution < 1.29 is 25.3 Å². The molecular formula is C16H24N2O6S3. The molecule has 2 aliphatic rings. The Morgan fingerprint density at radius 3 is 2.41 bits per heavy atom. The van der Waals surface area contributed by atoms with E-state index in [0.29, 0.717) is 24.2 Å². The number of benzene rings is 1. The number of sulfone groups is 1. The highest BCUT2D eigenvalue weighted by atomic mass is 32.2. The molecule has 2 aliphatic heterocycles. The van der Waals surface area contributed by atoms with E-state index in [9.17, 15) is 25.3 Å². The Balaban J connectivity index is 1.98. The summed E-state index contributed by atoms with van der Waals surface area (Å²) in [4.78, 5) is 0.00701. The second-order valence-electron chi connectivity index (χ2n) is 7.12. The van der Waals surface area contributed by atoms with E-state index < -0.39 is 35.9 Å². The Labute approximate surface area is 161 Å². The first kappa shape index (κ1) is 20.6. The van der Waals surface area contributed by atoms with Crippen LogP contribution in [0.4, 0.5) is 5.69 Å². The average molecular weight is 437 g/mol. The first-order valence-electron chi connectivity index (χ1n) is 8.74. The lowest BCUT2D eigenvalue weighted by molar-refractivity contribution is 0.393. The molecule has 0 spiro atoms. The lowest BCUT2D eigenvalue weighted by Gasteiger charge is -2.29. The molecule has 0 aliphatic carbocycles. The van der Waals surface area contributed by atoms with E-state index in [-0.39, 0.29) is 28.6 Å². The van der Waals surface area contributed by atoms with Crippen molar-refractivity contribution in [1.82, 2.24) is 4.31 Å². The molecule has 0 radical (unpaired) electrons. The topological polar surface area (TPSA) is 109 Å². The molecule has 2 fully saturated rings. The van der Waals surface area contributed by atoms with Gasteiger partial charge in [0, 0.05) is 19.6 Å². The van der Waals surface area contributed by atoms with Crippen molar-refractivity contribution in [3.63, 3.8) is 0 Å². The summed E-state index contributed by atoms with van der Waals surface area (Å²) in [6, 6.07) is 3.97. The van der Waals surface area contributed by atoms with Gasteiger partial charge >= 0.3 is 0 Å². The van der Waals surface area contributed by atoms with Gasteiger partial charge in [-0.15, -0.1) is 0 Å². The van der Waals surface area contributed by atoms with Crippen LogP contribution in [0.25, 0.3) is 0 Å². The van der Waals surface area contributed by atoms with Crippen molar-refractivity contribution in [3.8, 4) is 0 Å². The SMILES string of the molecule is Cc1ccc(N2CCCCS2(=O)=O)cc1S(=O)(=O)N(C)C1CCS(=O)(=O)C1. The van der Waals surface area contributed by atoms with Crippen LogP contribution in [0.2, 0.25) is 0 Å². The van der Waals surface area contributed by atoms with Crippen LogP contribution < -0.4 is 4.31 Å². The molecule has 0 N–H and O–H groups in total. The average Bonchev–Trinajstić information content (AvgIpc) is 2.94. The Bertz CT molecular complexity index is 1050. The van der Waals surface area contributed by atoms with E-state index in [1.165, 1.54) is 17.4 Å². The Kier molecular flexibility index (Phi) is 5.34. The van der Waals surface area contributed by atoms with E-state index in [1.54, 1.807) is 19.1 Å². The van der Waals surface area contributed by atoms with Crippen LogP contribution in [0.5, 0.6) is 0 Å². The van der Waals surface area contributed by atoms with Crippen molar-refractivity contribution in [1.29, 1.82) is 0 Å². The maximum absolute atomic E-state index is 13.1. The predicted octanol–water partition coefficient (Wildman–Crippen LogP) is 0.733. The molecule has 0 bridgehead atoms. The fraction of sp³-hybridized carbons (Fsp3) is 0.625. The number of sulfonamides is 2. The monoisotopic (exact) mass is 436 g/mol. The highest BCUT2D eigenvalue weighted by molar-refractivity contribution is 7.93. The maximum Gasteiger partial charge on any atom is 0.243 e. The second kappa shape index (κ2) is 7.02. The molecule has 152 valence electrons. The van der Waals surface area contributed by atoms with Crippen LogP contribution >= 0.6 is 0 Å². The number of aryl methyl sites for hydroxylation is 1. The van der Waals surface area contributed by atoms with Crippen LogP contribution in [0.1, 0.15) is 24.8 Å². The normalized spacial score (nSPS) is 25.0. The smallest absolute Gasteiger partial charge is 0.243 e. The quantitative estimate of drug-likeness (QED) is 0.688. The molecule has 2 saturated heterocycles. The van der Waals surface area contributed by atoms with Gasteiger partial charge in [-0.05, 0) is 43.9 Å². The number of hydrogen-bond donors (Lipinski definition) is 0. The predicted molar refractivity (Wildman–Crippen MR) is 104 cm³/mol. The van der Waals surface area contributed by atoms with Gasteiger partial charge in [0.05, 0.1) is 27.8 Å². The zero-order chi connectivity index (χ0) is 20.0. The lowest BCUT2D eigenvalue weighted by Crippen LogP contribution is -2.39. The fourth-order valence-electron chi connectivity index (χ4n) is 3.51. The highest BCUT2D eigenvalue weighted by Crippen LogP contribution is 2.31. The van der Waals surface area contributed by atoms with Gasteiger partial charge < -0.3 is 0 Å². The van der Waals surface area contributed by atoms with Gasteiger partial charge in [-0.2, -0.15) is 4.31 Å². The number of rotatable bonds is 4. The third kappa shape index (κ3) is 4.01. The summed E-state index contributed by atoms with van der Waals surface area (Å²) in [6.45, 7) is 1.96. The van der Waals surface area contributed by atoms with Crippen molar-refractivity contribution in [3.05, 3.63) is 23.8 Å². The van der Waals surface area contributed by atoms with Crippen molar-refractivity contribution >= 4 is 35.6 Å². The molecule has 0 amide bonds. The summed E-state index contributed by atoms with van der Waals surface area (Å²) in [7, 11) is -9.26. The molecule has 0 aromatic heterocycles. The third-order valence-electron chi connectivity index (χ3n) is 5.19. The van der Waals surface area contributed by atoms with Gasteiger partial charge in [0.25, 0.3) is 0 Å². The third-order valence-corrected chi connectivity index (χ3v) is 10.9. The minimum atomic E-state index is -3.95. The molecular weight excluding hydrogens is 412 g/mol. The number of anilines is 1. The van der Waals surface area contributed by atoms with Gasteiger partial charge in [-0.25, -0.2) is 25.3 Å². The zero-order valence-electron chi connectivity index (χ0n) is 15.3. The Hall–Kier alpha value is -1.17. The summed E-state index contributed by atoms with van der Waals surface area (Å²) >= 11 is 0. The first-order chi connectivity index (χ1) is 12.4. The molecule has 11 heteroatoms. The number of hydrogen-bond acceptors (Lipinski definition) is 6. The molecule has 2 heterocycles. The molecule has 1 aromatic carbocycles. The molecule has 27 heavy (non-hydrogen) atoms. The van der Waals surface area contributed by atoms with Gasteiger partial charge in [0.15, 0.2) is 9.84 Å². The summed E-state index contributed by atoms with van der Waals surface area (Å²) in [5.74, 6) is -0.173. The second-order valence-corrected chi connectivity index (χ2v) is 13.3. The summed E-state index contributed by atoms with van der Waals surface area (Å²) < 4.78 is 76.7. The minimum Gasteiger partial charge on any atom is -0.270 e. The molecule has 3 rings (SSSR count). The zero-order valence-corrected chi connectivity index (χ0v) is 17.8. The van der Waals surface area contributed by atoms with Crippen LogP contribution in [0.15, 0.2) is 23.1 Å². The van der Waals surface area contributed by atoms with E-state index >= 15 is 0 Å². The Morgan fingerprint density at radius 1 is 1.11 bits per heavy atom.